The van der Waals surface area contributed by atoms with Crippen LogP contribution >= 0.6 is 0 Å². The molecule has 1 saturated carbocycles. The molecule has 2 amide bonds. The molecule has 16 heavy (non-hydrogen) atoms. The van der Waals surface area contributed by atoms with Gasteiger partial charge >= 0.3 is 0 Å². The third-order valence-corrected chi connectivity index (χ3v) is 2.79. The average molecular weight is 227 g/mol. The van der Waals surface area contributed by atoms with E-state index in [0.717, 1.165) is 12.8 Å². The van der Waals surface area contributed by atoms with Gasteiger partial charge in [-0.25, -0.2) is 0 Å². The van der Waals surface area contributed by atoms with Crippen LogP contribution in [0.1, 0.15) is 33.6 Å². The van der Waals surface area contributed by atoms with E-state index < -0.39 is 11.5 Å². The SMILES string of the molecule is CC(NC(=O)C(C)(C)CN)C(=O)NC1CC1. The van der Waals surface area contributed by atoms with Gasteiger partial charge in [-0.15, -0.1) is 0 Å². The Bertz CT molecular complexity index is 285. The third-order valence-electron chi connectivity index (χ3n) is 2.79. The first kappa shape index (κ1) is 13.0. The first-order valence-electron chi connectivity index (χ1n) is 5.68. The maximum absolute atomic E-state index is 11.7. The zero-order valence-corrected chi connectivity index (χ0v) is 10.2. The fourth-order valence-electron chi connectivity index (χ4n) is 1.10. The van der Waals surface area contributed by atoms with Gasteiger partial charge in [-0.2, -0.15) is 0 Å². The molecule has 1 unspecified atom stereocenters. The lowest BCUT2D eigenvalue weighted by atomic mass is 9.92. The van der Waals surface area contributed by atoms with Crippen molar-refractivity contribution in [1.82, 2.24) is 10.6 Å². The van der Waals surface area contributed by atoms with Crippen LogP contribution in [0, 0.1) is 5.41 Å². The molecule has 0 radical (unpaired) electrons. The normalized spacial score (nSPS) is 17.8. The average Bonchev–Trinajstić information content (AvgIpc) is 3.01. The molecule has 1 rings (SSSR count). The summed E-state index contributed by atoms with van der Waals surface area (Å²) < 4.78 is 0. The van der Waals surface area contributed by atoms with Crippen LogP contribution in [0.4, 0.5) is 0 Å². The van der Waals surface area contributed by atoms with Crippen molar-refractivity contribution in [2.75, 3.05) is 6.54 Å². The van der Waals surface area contributed by atoms with Crippen molar-refractivity contribution in [3.63, 3.8) is 0 Å². The van der Waals surface area contributed by atoms with Gasteiger partial charge in [0.2, 0.25) is 11.8 Å². The Kier molecular flexibility index (Phi) is 3.91. The summed E-state index contributed by atoms with van der Waals surface area (Å²) in [6.07, 6.45) is 2.08. The molecule has 0 spiro atoms. The molecule has 5 heteroatoms. The number of amides is 2. The van der Waals surface area contributed by atoms with Crippen LogP contribution in [0.3, 0.4) is 0 Å². The van der Waals surface area contributed by atoms with Crippen LogP contribution in [-0.4, -0.2) is 30.4 Å². The van der Waals surface area contributed by atoms with Crippen LogP contribution < -0.4 is 16.4 Å². The number of rotatable bonds is 5. The van der Waals surface area contributed by atoms with E-state index >= 15 is 0 Å². The summed E-state index contributed by atoms with van der Waals surface area (Å²) in [5.41, 5.74) is 4.86. The highest BCUT2D eigenvalue weighted by atomic mass is 16.2. The Morgan fingerprint density at radius 3 is 2.44 bits per heavy atom. The predicted octanol–water partition coefficient (Wildman–Crippen LogP) is -0.245. The van der Waals surface area contributed by atoms with E-state index in [1.165, 1.54) is 0 Å². The van der Waals surface area contributed by atoms with Crippen LogP contribution in [0.2, 0.25) is 0 Å². The molecule has 92 valence electrons. The van der Waals surface area contributed by atoms with E-state index in [1.807, 2.05) is 0 Å². The van der Waals surface area contributed by atoms with Crippen molar-refractivity contribution in [1.29, 1.82) is 0 Å². The zero-order valence-electron chi connectivity index (χ0n) is 10.2. The summed E-state index contributed by atoms with van der Waals surface area (Å²) in [5.74, 6) is -0.308. The van der Waals surface area contributed by atoms with Crippen molar-refractivity contribution in [3.05, 3.63) is 0 Å². The summed E-state index contributed by atoms with van der Waals surface area (Å²) in [5, 5.41) is 5.52. The van der Waals surface area contributed by atoms with Gasteiger partial charge in [0, 0.05) is 12.6 Å². The lowest BCUT2D eigenvalue weighted by molar-refractivity contribution is -0.133. The molecule has 0 aromatic heterocycles. The maximum Gasteiger partial charge on any atom is 0.242 e. The second-order valence-electron chi connectivity index (χ2n) is 5.07. The van der Waals surface area contributed by atoms with Gasteiger partial charge in [0.05, 0.1) is 5.41 Å². The number of hydrogen-bond donors (Lipinski definition) is 3. The van der Waals surface area contributed by atoms with Crippen molar-refractivity contribution in [2.45, 2.75) is 45.7 Å². The monoisotopic (exact) mass is 227 g/mol. The molecule has 0 bridgehead atoms. The predicted molar refractivity (Wildman–Crippen MR) is 61.6 cm³/mol. The molecule has 1 aliphatic carbocycles. The Balaban J connectivity index is 2.40. The van der Waals surface area contributed by atoms with E-state index in [2.05, 4.69) is 10.6 Å². The summed E-state index contributed by atoms with van der Waals surface area (Å²) in [6, 6.07) is -0.187. The summed E-state index contributed by atoms with van der Waals surface area (Å²) in [4.78, 5) is 23.3. The fourth-order valence-corrected chi connectivity index (χ4v) is 1.10. The van der Waals surface area contributed by atoms with E-state index in [9.17, 15) is 9.59 Å². The Morgan fingerprint density at radius 1 is 1.44 bits per heavy atom. The van der Waals surface area contributed by atoms with Gasteiger partial charge in [0.15, 0.2) is 0 Å². The summed E-state index contributed by atoms with van der Waals surface area (Å²) in [7, 11) is 0. The Hall–Kier alpha value is -1.10. The van der Waals surface area contributed by atoms with E-state index in [4.69, 9.17) is 5.73 Å². The number of carbonyl (C=O) groups excluding carboxylic acids is 2. The van der Waals surface area contributed by atoms with Crippen molar-refractivity contribution < 1.29 is 9.59 Å². The number of nitrogens with two attached hydrogens (primary N) is 1. The van der Waals surface area contributed by atoms with Gasteiger partial charge in [0.1, 0.15) is 6.04 Å². The highest BCUT2D eigenvalue weighted by molar-refractivity contribution is 5.89. The molecule has 1 fully saturated rings. The molecule has 1 aliphatic rings. The first-order chi connectivity index (χ1) is 7.36. The minimum Gasteiger partial charge on any atom is -0.352 e. The van der Waals surface area contributed by atoms with Gasteiger partial charge in [0.25, 0.3) is 0 Å². The van der Waals surface area contributed by atoms with Crippen LogP contribution in [0.5, 0.6) is 0 Å². The van der Waals surface area contributed by atoms with Gasteiger partial charge < -0.3 is 16.4 Å². The third kappa shape index (κ3) is 3.48. The van der Waals surface area contributed by atoms with Crippen molar-refractivity contribution >= 4 is 11.8 Å². The standard InChI is InChI=1S/C11H21N3O2/c1-7(9(15)14-8-4-5-8)13-10(16)11(2,3)6-12/h7-8H,4-6,12H2,1-3H3,(H,13,16)(H,14,15). The number of nitrogens with one attached hydrogen (secondary N) is 2. The smallest absolute Gasteiger partial charge is 0.242 e. The molecule has 0 saturated heterocycles. The Morgan fingerprint density at radius 2 is 2.00 bits per heavy atom. The summed E-state index contributed by atoms with van der Waals surface area (Å²) in [6.45, 7) is 5.46. The minimum atomic E-state index is -0.631. The maximum atomic E-state index is 11.7. The largest absolute Gasteiger partial charge is 0.352 e. The minimum absolute atomic E-state index is 0.122. The van der Waals surface area contributed by atoms with Crippen molar-refractivity contribution in [2.24, 2.45) is 11.1 Å². The molecular formula is C11H21N3O2. The van der Waals surface area contributed by atoms with E-state index in [0.29, 0.717) is 6.04 Å². The van der Waals surface area contributed by atoms with E-state index in [1.54, 1.807) is 20.8 Å². The lowest BCUT2D eigenvalue weighted by Crippen LogP contribution is -2.50. The zero-order chi connectivity index (χ0) is 12.3. The quantitative estimate of drug-likeness (QED) is 0.606. The lowest BCUT2D eigenvalue weighted by Gasteiger charge is -2.23. The topological polar surface area (TPSA) is 84.2 Å². The van der Waals surface area contributed by atoms with Crippen molar-refractivity contribution in [3.8, 4) is 0 Å². The summed E-state index contributed by atoms with van der Waals surface area (Å²) >= 11 is 0. The van der Waals surface area contributed by atoms with Crippen LogP contribution in [0.15, 0.2) is 0 Å². The molecular weight excluding hydrogens is 206 g/mol. The number of hydrogen-bond acceptors (Lipinski definition) is 3. The fraction of sp³-hybridized carbons (Fsp3) is 0.818. The van der Waals surface area contributed by atoms with Crippen LogP contribution in [-0.2, 0) is 9.59 Å². The second-order valence-corrected chi connectivity index (χ2v) is 5.07. The van der Waals surface area contributed by atoms with Crippen LogP contribution in [0.25, 0.3) is 0 Å². The molecule has 0 aliphatic heterocycles. The molecule has 0 aromatic rings. The van der Waals surface area contributed by atoms with Gasteiger partial charge in [-0.05, 0) is 33.6 Å². The van der Waals surface area contributed by atoms with E-state index in [-0.39, 0.29) is 18.4 Å². The second kappa shape index (κ2) is 4.82. The first-order valence-corrected chi connectivity index (χ1v) is 5.68. The highest BCUT2D eigenvalue weighted by Crippen LogP contribution is 2.18. The van der Waals surface area contributed by atoms with Gasteiger partial charge in [-0.3, -0.25) is 9.59 Å². The van der Waals surface area contributed by atoms with Gasteiger partial charge in [-0.1, -0.05) is 0 Å². The number of carbonyl (C=O) groups is 2. The highest BCUT2D eigenvalue weighted by Gasteiger charge is 2.30. The molecule has 1 atom stereocenters. The molecule has 5 nitrogen and oxygen atoms in total. The molecule has 0 aromatic carbocycles. The Labute approximate surface area is 96.1 Å². The molecule has 4 N–H and O–H groups in total. The molecule has 0 heterocycles.